The molecule has 184 valence electrons. The summed E-state index contributed by atoms with van der Waals surface area (Å²) in [7, 11) is 0. The summed E-state index contributed by atoms with van der Waals surface area (Å²) in [5, 5.41) is 9.31. The van der Waals surface area contributed by atoms with Gasteiger partial charge in [-0.05, 0) is 31.9 Å². The highest BCUT2D eigenvalue weighted by molar-refractivity contribution is 5.75. The topological polar surface area (TPSA) is 98.5 Å². The molecule has 0 bridgehead atoms. The van der Waals surface area contributed by atoms with Crippen molar-refractivity contribution in [2.75, 3.05) is 42.6 Å². The Morgan fingerprint density at radius 1 is 1.26 bits per heavy atom. The van der Waals surface area contributed by atoms with Gasteiger partial charge in [0.1, 0.15) is 23.8 Å². The second kappa shape index (κ2) is 8.55. The number of piperazine rings is 1. The van der Waals surface area contributed by atoms with Gasteiger partial charge in [0, 0.05) is 49.4 Å². The minimum absolute atomic E-state index is 0.123. The van der Waals surface area contributed by atoms with E-state index in [1.54, 1.807) is 25.3 Å². The van der Waals surface area contributed by atoms with Gasteiger partial charge in [-0.15, -0.1) is 0 Å². The minimum atomic E-state index is -4.56. The average Bonchev–Trinajstić information content (AvgIpc) is 3.18. The molecule has 2 aliphatic heterocycles. The molecule has 1 atom stereocenters. The number of pyridine rings is 1. The molecule has 1 saturated heterocycles. The van der Waals surface area contributed by atoms with Gasteiger partial charge >= 0.3 is 12.3 Å². The van der Waals surface area contributed by atoms with Crippen molar-refractivity contribution in [2.45, 2.75) is 43.8 Å². The zero-order chi connectivity index (χ0) is 24.8. The number of halogens is 3. The number of fused-ring (bicyclic) bond motifs is 2. The molecule has 4 heterocycles. The first kappa shape index (κ1) is 23.1. The molecule has 12 heteroatoms. The number of alkyl halides is 3. The number of carbonyl (C=O) groups is 1. The first-order valence-electron chi connectivity index (χ1n) is 11.4. The molecule has 1 spiro atoms. The second-order valence-corrected chi connectivity index (χ2v) is 9.29. The summed E-state index contributed by atoms with van der Waals surface area (Å²) >= 11 is 0. The Morgan fingerprint density at radius 2 is 2.03 bits per heavy atom. The quantitative estimate of drug-likeness (QED) is 0.649. The van der Waals surface area contributed by atoms with Crippen LogP contribution in [-0.4, -0.2) is 70.9 Å². The van der Waals surface area contributed by atoms with Crippen molar-refractivity contribution in [3.63, 3.8) is 0 Å². The Morgan fingerprint density at radius 3 is 2.69 bits per heavy atom. The smallest absolute Gasteiger partial charge is 0.422 e. The molecular formula is C23H24F3N7O2. The van der Waals surface area contributed by atoms with Gasteiger partial charge in [0.25, 0.3) is 0 Å². The number of nitrogens with zero attached hydrogens (tertiary/aromatic N) is 7. The third kappa shape index (κ3) is 4.19. The number of anilines is 3. The average molecular weight is 487 g/mol. The zero-order valence-electron chi connectivity index (χ0n) is 19.1. The summed E-state index contributed by atoms with van der Waals surface area (Å²) in [6.07, 6.45) is 0.631. The fourth-order valence-electron chi connectivity index (χ4n) is 5.23. The van der Waals surface area contributed by atoms with Crippen LogP contribution >= 0.6 is 0 Å². The molecule has 0 N–H and O–H groups in total. The van der Waals surface area contributed by atoms with Crippen molar-refractivity contribution in [3.05, 3.63) is 35.8 Å². The van der Waals surface area contributed by atoms with E-state index in [2.05, 4.69) is 30.7 Å². The lowest BCUT2D eigenvalue weighted by atomic mass is 9.66. The number of aromatic nitrogens is 3. The predicted molar refractivity (Wildman–Crippen MR) is 119 cm³/mol. The molecule has 3 aliphatic rings. The molecule has 1 amide bonds. The number of hydrogen-bond acceptors (Lipinski definition) is 8. The van der Waals surface area contributed by atoms with Gasteiger partial charge in [-0.1, -0.05) is 6.42 Å². The van der Waals surface area contributed by atoms with E-state index in [1.165, 1.54) is 11.2 Å². The van der Waals surface area contributed by atoms with E-state index in [-0.39, 0.29) is 18.0 Å². The lowest BCUT2D eigenvalue weighted by Crippen LogP contribution is -2.55. The molecule has 5 rings (SSSR count). The fourth-order valence-corrected chi connectivity index (χ4v) is 5.23. The van der Waals surface area contributed by atoms with Crippen LogP contribution in [0.15, 0.2) is 24.7 Å². The Hall–Kier alpha value is -3.62. The van der Waals surface area contributed by atoms with Crippen molar-refractivity contribution >= 4 is 23.5 Å². The summed E-state index contributed by atoms with van der Waals surface area (Å²) in [6, 6.07) is 5.19. The van der Waals surface area contributed by atoms with E-state index in [0.29, 0.717) is 31.0 Å². The van der Waals surface area contributed by atoms with E-state index in [4.69, 9.17) is 0 Å². The number of nitriles is 1. The number of rotatable bonds is 3. The highest BCUT2D eigenvalue weighted by Crippen LogP contribution is 2.56. The maximum atomic E-state index is 12.5. The normalized spacial score (nSPS) is 20.9. The predicted octanol–water partition coefficient (Wildman–Crippen LogP) is 3.53. The molecule has 2 aromatic heterocycles. The van der Waals surface area contributed by atoms with Gasteiger partial charge in [0.15, 0.2) is 6.61 Å². The standard InChI is InChI=1S/C23H24F3N7O2/c1-15-11-31(7-8-32(15)21(34)35-13-23(24,25)26)19-18-20(30-14-29-19)33(12-22(18)4-2-5-22)17-9-16(10-27)3-6-28-17/h3,6,9,14-15H,2,4-5,7-8,11-13H2,1H3/t15-/m0/s1. The third-order valence-corrected chi connectivity index (χ3v) is 7.04. The van der Waals surface area contributed by atoms with Gasteiger partial charge in [-0.3, -0.25) is 0 Å². The van der Waals surface area contributed by atoms with E-state index in [1.807, 2.05) is 4.90 Å². The first-order valence-corrected chi connectivity index (χ1v) is 11.4. The number of ether oxygens (including phenoxy) is 1. The van der Waals surface area contributed by atoms with E-state index in [0.717, 1.165) is 36.5 Å². The van der Waals surface area contributed by atoms with Gasteiger partial charge in [-0.25, -0.2) is 19.7 Å². The monoisotopic (exact) mass is 487 g/mol. The Balaban J connectivity index is 1.41. The lowest BCUT2D eigenvalue weighted by molar-refractivity contribution is -0.162. The fraction of sp³-hybridized carbons (Fsp3) is 0.522. The summed E-state index contributed by atoms with van der Waals surface area (Å²) < 4.78 is 41.8. The Bertz CT molecular complexity index is 1180. The molecular weight excluding hydrogens is 463 g/mol. The van der Waals surface area contributed by atoms with Crippen molar-refractivity contribution < 1.29 is 22.7 Å². The Labute approximate surface area is 200 Å². The summed E-state index contributed by atoms with van der Waals surface area (Å²) in [5.74, 6) is 2.20. The van der Waals surface area contributed by atoms with Gasteiger partial charge in [-0.2, -0.15) is 18.4 Å². The van der Waals surface area contributed by atoms with Crippen LogP contribution in [0.1, 0.15) is 37.3 Å². The highest BCUT2D eigenvalue weighted by Gasteiger charge is 2.51. The number of hydrogen-bond donors (Lipinski definition) is 0. The van der Waals surface area contributed by atoms with Gasteiger partial charge in [0.05, 0.1) is 11.6 Å². The van der Waals surface area contributed by atoms with Crippen LogP contribution in [0.2, 0.25) is 0 Å². The molecule has 0 radical (unpaired) electrons. The number of carbonyl (C=O) groups excluding carboxylic acids is 1. The molecule has 9 nitrogen and oxygen atoms in total. The van der Waals surface area contributed by atoms with Crippen LogP contribution < -0.4 is 9.80 Å². The van der Waals surface area contributed by atoms with Crippen LogP contribution in [0.3, 0.4) is 0 Å². The van der Waals surface area contributed by atoms with E-state index in [9.17, 15) is 23.2 Å². The molecule has 0 unspecified atom stereocenters. The Kier molecular flexibility index (Phi) is 5.65. The van der Waals surface area contributed by atoms with Crippen molar-refractivity contribution in [1.29, 1.82) is 5.26 Å². The zero-order valence-corrected chi connectivity index (χ0v) is 19.1. The van der Waals surface area contributed by atoms with Crippen LogP contribution in [-0.2, 0) is 10.2 Å². The molecule has 1 saturated carbocycles. The third-order valence-electron chi connectivity index (χ3n) is 7.04. The maximum absolute atomic E-state index is 12.5. The first-order chi connectivity index (χ1) is 16.7. The van der Waals surface area contributed by atoms with Crippen LogP contribution in [0.4, 0.5) is 35.4 Å². The van der Waals surface area contributed by atoms with Gasteiger partial charge in [0.2, 0.25) is 0 Å². The molecule has 35 heavy (non-hydrogen) atoms. The molecule has 2 aromatic rings. The van der Waals surface area contributed by atoms with Crippen LogP contribution in [0.25, 0.3) is 0 Å². The van der Waals surface area contributed by atoms with Crippen molar-refractivity contribution in [2.24, 2.45) is 0 Å². The summed E-state index contributed by atoms with van der Waals surface area (Å²) in [4.78, 5) is 31.3. The number of amides is 1. The van der Waals surface area contributed by atoms with Crippen LogP contribution in [0, 0.1) is 11.3 Å². The van der Waals surface area contributed by atoms with Crippen LogP contribution in [0.5, 0.6) is 0 Å². The van der Waals surface area contributed by atoms with E-state index >= 15 is 0 Å². The highest BCUT2D eigenvalue weighted by atomic mass is 19.4. The summed E-state index contributed by atoms with van der Waals surface area (Å²) in [5.41, 5.74) is 1.43. The molecule has 2 fully saturated rings. The SMILES string of the molecule is C[C@H]1CN(c2ncnc3c2C2(CCC2)CN3c2cc(C#N)ccn2)CCN1C(=O)OCC(F)(F)F. The largest absolute Gasteiger partial charge is 0.440 e. The van der Waals surface area contributed by atoms with Crippen molar-refractivity contribution in [1.82, 2.24) is 19.9 Å². The van der Waals surface area contributed by atoms with Gasteiger partial charge < -0.3 is 19.4 Å². The minimum Gasteiger partial charge on any atom is -0.440 e. The second-order valence-electron chi connectivity index (χ2n) is 9.29. The lowest BCUT2D eigenvalue weighted by Gasteiger charge is -2.43. The maximum Gasteiger partial charge on any atom is 0.422 e. The molecule has 0 aromatic carbocycles. The van der Waals surface area contributed by atoms with Crippen molar-refractivity contribution in [3.8, 4) is 6.07 Å². The van der Waals surface area contributed by atoms with E-state index < -0.39 is 18.9 Å². The summed E-state index contributed by atoms with van der Waals surface area (Å²) in [6.45, 7) is 1.91. The molecule has 1 aliphatic carbocycles.